The molecule has 0 rings (SSSR count). The topological polar surface area (TPSA) is 46.2 Å². The predicted octanol–water partition coefficient (Wildman–Crippen LogP) is 11.1. The van der Waals surface area contributed by atoms with E-state index in [9.17, 15) is 83.1 Å². The number of hydrogen-bond acceptors (Lipinski definition) is 2. The van der Waals surface area contributed by atoms with Gasteiger partial charge in [0.1, 0.15) is 0 Å². The molecule has 0 radical (unpaired) electrons. The van der Waals surface area contributed by atoms with E-state index in [0.717, 1.165) is 51.4 Å². The number of hydrogen-bond donors (Lipinski definition) is 1. The number of nitrogens with one attached hydrogen (secondary N) is 1. The van der Waals surface area contributed by atoms with Crippen LogP contribution in [0.25, 0.3) is 0 Å². The molecule has 0 aliphatic heterocycles. The maximum atomic E-state index is 14.0. The lowest BCUT2D eigenvalue weighted by Crippen LogP contribution is -2.75. The van der Waals surface area contributed by atoms with Crippen LogP contribution in [0.5, 0.6) is 0 Å². The molecule has 0 unspecified atom stereocenters. The van der Waals surface area contributed by atoms with Gasteiger partial charge in [-0.05, 0) is 6.42 Å². The summed E-state index contributed by atoms with van der Waals surface area (Å²) in [6, 6.07) is 0. The Morgan fingerprint density at radius 2 is 0.638 bits per heavy atom. The van der Waals surface area contributed by atoms with Gasteiger partial charge in [0, 0.05) is 6.54 Å². The van der Waals surface area contributed by atoms with Crippen molar-refractivity contribution in [2.45, 2.75) is 157 Å². The summed E-state index contributed by atoms with van der Waals surface area (Å²) >= 11 is 0. The van der Waals surface area contributed by atoms with Crippen molar-refractivity contribution in [3.63, 3.8) is 0 Å². The van der Waals surface area contributed by atoms with Crippen molar-refractivity contribution >= 4 is 10.0 Å². The van der Waals surface area contributed by atoms with Crippen molar-refractivity contribution in [1.82, 2.24) is 4.72 Å². The summed E-state index contributed by atoms with van der Waals surface area (Å²) < 4.78 is 251. The van der Waals surface area contributed by atoms with Gasteiger partial charge in [-0.3, -0.25) is 0 Å². The number of alkyl halides is 17. The van der Waals surface area contributed by atoms with Crippen molar-refractivity contribution in [1.29, 1.82) is 0 Å². The molecule has 0 aromatic carbocycles. The van der Waals surface area contributed by atoms with Crippen LogP contribution in [0, 0.1) is 0 Å². The van der Waals surface area contributed by atoms with E-state index in [4.69, 9.17) is 0 Å². The zero-order valence-electron chi connectivity index (χ0n) is 25.2. The van der Waals surface area contributed by atoms with Crippen LogP contribution in [0.15, 0.2) is 0 Å². The maximum absolute atomic E-state index is 14.0. The van der Waals surface area contributed by atoms with Crippen LogP contribution in [-0.4, -0.2) is 61.9 Å². The van der Waals surface area contributed by atoms with Crippen LogP contribution < -0.4 is 4.72 Å². The second-order valence-corrected chi connectivity index (χ2v) is 13.0. The lowest BCUT2D eigenvalue weighted by Gasteiger charge is -2.42. The Hall–Kier alpha value is -1.28. The Labute approximate surface area is 261 Å². The molecule has 0 spiro atoms. The second kappa shape index (κ2) is 17.1. The van der Waals surface area contributed by atoms with Crippen LogP contribution in [0.2, 0.25) is 0 Å². The molecule has 0 aromatic rings. The Balaban J connectivity index is 5.10. The molecule has 0 atom stereocenters. The van der Waals surface area contributed by atoms with Gasteiger partial charge >= 0.3 is 47.0 Å². The van der Waals surface area contributed by atoms with Crippen LogP contribution >= 0.6 is 0 Å². The number of unbranched alkanes of at least 4 members (excludes halogenated alkanes) is 15. The summed E-state index contributed by atoms with van der Waals surface area (Å²) in [6.07, 6.45) is 5.45. The minimum Gasteiger partial charge on any atom is -0.210 e. The average molecular weight is 752 g/mol. The lowest BCUT2D eigenvalue weighted by molar-refractivity contribution is -0.458. The van der Waals surface area contributed by atoms with Crippen molar-refractivity contribution in [3.05, 3.63) is 0 Å². The Kier molecular flexibility index (Phi) is 16.6. The van der Waals surface area contributed by atoms with Gasteiger partial charge in [0.25, 0.3) is 10.0 Å². The zero-order valence-corrected chi connectivity index (χ0v) is 26.0. The molecule has 0 saturated heterocycles. The van der Waals surface area contributed by atoms with E-state index in [2.05, 4.69) is 6.92 Å². The summed E-state index contributed by atoms with van der Waals surface area (Å²) in [5, 5.41) is -7.51. The summed E-state index contributed by atoms with van der Waals surface area (Å²) in [5.41, 5.74) is 0. The number of rotatable bonds is 25. The highest BCUT2D eigenvalue weighted by molar-refractivity contribution is 7.90. The first-order chi connectivity index (χ1) is 21.1. The largest absolute Gasteiger partial charge is 0.460 e. The summed E-state index contributed by atoms with van der Waals surface area (Å²) in [7, 11) is -7.22. The smallest absolute Gasteiger partial charge is 0.210 e. The van der Waals surface area contributed by atoms with Gasteiger partial charge in [-0.15, -0.1) is 0 Å². The summed E-state index contributed by atoms with van der Waals surface area (Å²) in [6.45, 7) is 0.918. The molecule has 0 aliphatic rings. The third-order valence-electron chi connectivity index (χ3n) is 7.35. The molecule has 0 aliphatic carbocycles. The van der Waals surface area contributed by atoms with Crippen molar-refractivity contribution in [2.24, 2.45) is 0 Å². The monoisotopic (exact) mass is 751 g/mol. The van der Waals surface area contributed by atoms with Gasteiger partial charge in [0.2, 0.25) is 0 Å². The first-order valence-corrected chi connectivity index (χ1v) is 16.2. The van der Waals surface area contributed by atoms with Crippen LogP contribution in [0.4, 0.5) is 74.6 Å². The fourth-order valence-electron chi connectivity index (χ4n) is 4.29. The van der Waals surface area contributed by atoms with E-state index < -0.39 is 70.0 Å². The fourth-order valence-corrected chi connectivity index (χ4v) is 5.35. The summed E-state index contributed by atoms with van der Waals surface area (Å²) in [4.78, 5) is 0. The van der Waals surface area contributed by atoms with E-state index in [1.165, 1.54) is 25.7 Å². The molecule has 21 heteroatoms. The number of sulfonamides is 1. The fraction of sp³-hybridized carbons (Fsp3) is 1.00. The normalized spacial score (nSPS) is 15.0. The molecule has 0 aromatic heterocycles. The van der Waals surface area contributed by atoms with Gasteiger partial charge < -0.3 is 0 Å². The third-order valence-corrected chi connectivity index (χ3v) is 8.87. The van der Waals surface area contributed by atoms with E-state index in [0.29, 0.717) is 17.6 Å². The van der Waals surface area contributed by atoms with E-state index in [-0.39, 0.29) is 6.42 Å². The van der Waals surface area contributed by atoms with E-state index >= 15 is 0 Å². The highest BCUT2D eigenvalue weighted by Gasteiger charge is 2.96. The Morgan fingerprint density at radius 1 is 0.383 bits per heavy atom. The molecule has 3 nitrogen and oxygen atoms in total. The van der Waals surface area contributed by atoms with Gasteiger partial charge in [-0.2, -0.15) is 74.6 Å². The molecular formula is C26H38F17NO2S. The molecule has 0 saturated carbocycles. The standard InChI is InChI=1S/C26H38F17NO2S/c1-2-3-4-5-6-7-8-9-10-11-12-13-14-15-16-17-18-44-47(45,46)26(42,43)24(37,38)22(33,34)20(29,30)19(27,28)21(31,32)23(35,36)25(39,40)41/h44H,2-18H2,1H3. The highest BCUT2D eigenvalue weighted by atomic mass is 32.2. The van der Waals surface area contributed by atoms with Crippen molar-refractivity contribution < 1.29 is 83.1 Å². The predicted molar refractivity (Wildman–Crippen MR) is 137 cm³/mol. The quantitative estimate of drug-likeness (QED) is 0.0746. The van der Waals surface area contributed by atoms with Crippen LogP contribution in [-0.2, 0) is 10.0 Å². The molecule has 0 fully saturated rings. The summed E-state index contributed by atoms with van der Waals surface area (Å²) in [5.74, 6) is -51.5. The SMILES string of the molecule is CCCCCCCCCCCCCCCCCCNS(=O)(=O)C(F)(F)C(F)(F)C(F)(F)C(F)(F)C(F)(F)C(F)(F)C(F)(F)C(F)(F)F. The van der Waals surface area contributed by atoms with E-state index in [1.54, 1.807) is 0 Å². The van der Waals surface area contributed by atoms with Gasteiger partial charge in [0.15, 0.2) is 0 Å². The molecule has 47 heavy (non-hydrogen) atoms. The minimum absolute atomic E-state index is 0.0471. The average Bonchev–Trinajstić information content (AvgIpc) is 2.93. The first kappa shape index (κ1) is 45.7. The first-order valence-electron chi connectivity index (χ1n) is 14.8. The molecular weight excluding hydrogens is 713 g/mol. The third kappa shape index (κ3) is 9.92. The Morgan fingerprint density at radius 3 is 0.936 bits per heavy atom. The molecule has 284 valence electrons. The molecule has 1 N–H and O–H groups in total. The zero-order chi connectivity index (χ0) is 37.2. The van der Waals surface area contributed by atoms with Crippen molar-refractivity contribution in [3.8, 4) is 0 Å². The van der Waals surface area contributed by atoms with Crippen LogP contribution in [0.3, 0.4) is 0 Å². The van der Waals surface area contributed by atoms with E-state index in [1.807, 2.05) is 0 Å². The lowest BCUT2D eigenvalue weighted by atomic mass is 9.91. The Bertz CT molecular complexity index is 1030. The van der Waals surface area contributed by atoms with Crippen LogP contribution in [0.1, 0.15) is 110 Å². The van der Waals surface area contributed by atoms with Crippen molar-refractivity contribution in [2.75, 3.05) is 6.54 Å². The van der Waals surface area contributed by atoms with Gasteiger partial charge in [-0.1, -0.05) is 103 Å². The highest BCUT2D eigenvalue weighted by Crippen LogP contribution is 2.64. The minimum atomic E-state index is -8.82. The second-order valence-electron chi connectivity index (χ2n) is 11.2. The van der Waals surface area contributed by atoms with Gasteiger partial charge in [0.05, 0.1) is 0 Å². The van der Waals surface area contributed by atoms with Gasteiger partial charge in [-0.25, -0.2) is 13.1 Å². The molecule has 0 bridgehead atoms. The molecule has 0 amide bonds. The molecule has 0 heterocycles. The maximum Gasteiger partial charge on any atom is 0.460 e. The number of halogens is 17.